The van der Waals surface area contributed by atoms with Crippen LogP contribution in [0.1, 0.15) is 29.8 Å². The second kappa shape index (κ2) is 12.0. The van der Waals surface area contributed by atoms with E-state index >= 15 is 0 Å². The highest BCUT2D eigenvalue weighted by atomic mass is 16.1. The van der Waals surface area contributed by atoms with Crippen molar-refractivity contribution in [3.63, 3.8) is 0 Å². The molecule has 3 aromatic carbocycles. The molecule has 0 unspecified atom stereocenters. The van der Waals surface area contributed by atoms with E-state index in [-0.39, 0.29) is 5.91 Å². The van der Waals surface area contributed by atoms with Gasteiger partial charge in [0.1, 0.15) is 5.82 Å². The lowest BCUT2D eigenvalue weighted by molar-refractivity contribution is 0.102. The number of nitriles is 1. The van der Waals surface area contributed by atoms with Gasteiger partial charge in [-0.05, 0) is 78.9 Å². The van der Waals surface area contributed by atoms with E-state index in [0.29, 0.717) is 22.6 Å². The van der Waals surface area contributed by atoms with Crippen LogP contribution >= 0.6 is 0 Å². The van der Waals surface area contributed by atoms with Gasteiger partial charge in [-0.2, -0.15) is 5.26 Å². The van der Waals surface area contributed by atoms with Gasteiger partial charge in [0.25, 0.3) is 5.91 Å². The molecule has 0 aliphatic heterocycles. The quantitative estimate of drug-likeness (QED) is 0.200. The average Bonchev–Trinajstić information content (AvgIpc) is 2.95. The Morgan fingerprint density at radius 2 is 1.42 bits per heavy atom. The maximum Gasteiger partial charge on any atom is 0.255 e. The number of nitrogens with one attached hydrogen (secondary N) is 3. The summed E-state index contributed by atoms with van der Waals surface area (Å²) in [4.78, 5) is 21.1. The molecule has 5 N–H and O–H groups in total. The molecule has 38 heavy (non-hydrogen) atoms. The van der Waals surface area contributed by atoms with Gasteiger partial charge >= 0.3 is 0 Å². The van der Waals surface area contributed by atoms with Crippen LogP contribution in [-0.2, 0) is 0 Å². The van der Waals surface area contributed by atoms with Crippen LogP contribution in [0.5, 0.6) is 0 Å². The Morgan fingerprint density at radius 3 is 2.13 bits per heavy atom. The number of fused-ring (bicyclic) bond motifs is 1. The van der Waals surface area contributed by atoms with Crippen LogP contribution in [0, 0.1) is 11.3 Å². The highest BCUT2D eigenvalue weighted by Gasteiger charge is 2.08. The first-order valence-electron chi connectivity index (χ1n) is 12.1. The van der Waals surface area contributed by atoms with Crippen LogP contribution in [0.15, 0.2) is 97.3 Å². The van der Waals surface area contributed by atoms with Gasteiger partial charge in [-0.25, -0.2) is 4.98 Å². The molecule has 2 aromatic heterocycles. The lowest BCUT2D eigenvalue weighted by Crippen LogP contribution is -2.11. The van der Waals surface area contributed by atoms with Crippen molar-refractivity contribution in [1.82, 2.24) is 9.97 Å². The first-order chi connectivity index (χ1) is 18.6. The molecule has 2 heterocycles. The lowest BCUT2D eigenvalue weighted by atomic mass is 10.1. The van der Waals surface area contributed by atoms with E-state index < -0.39 is 0 Å². The highest BCUT2D eigenvalue weighted by Crippen LogP contribution is 2.26. The number of amides is 1. The van der Waals surface area contributed by atoms with Crippen molar-refractivity contribution in [2.75, 3.05) is 21.7 Å². The van der Waals surface area contributed by atoms with Gasteiger partial charge < -0.3 is 21.7 Å². The molecule has 0 bridgehead atoms. The predicted octanol–water partition coefficient (Wildman–Crippen LogP) is 6.85. The van der Waals surface area contributed by atoms with Gasteiger partial charge in [0.05, 0.1) is 17.1 Å². The molecule has 0 fully saturated rings. The van der Waals surface area contributed by atoms with Gasteiger partial charge in [-0.3, -0.25) is 9.78 Å². The van der Waals surface area contributed by atoms with Gasteiger partial charge in [-0.15, -0.1) is 0 Å². The molecule has 1 amide bonds. The van der Waals surface area contributed by atoms with E-state index in [1.54, 1.807) is 42.7 Å². The zero-order valence-corrected chi connectivity index (χ0v) is 21.1. The summed E-state index contributed by atoms with van der Waals surface area (Å²) < 4.78 is 0. The number of rotatable bonds is 6. The molecule has 5 rings (SSSR count). The molecule has 0 atom stereocenters. The number of carbonyl (C=O) groups is 1. The van der Waals surface area contributed by atoms with Crippen LogP contribution < -0.4 is 21.7 Å². The lowest BCUT2D eigenvalue weighted by Gasteiger charge is -2.11. The van der Waals surface area contributed by atoms with E-state index in [9.17, 15) is 10.1 Å². The normalized spacial score (nSPS) is 10.0. The molecule has 0 saturated carbocycles. The van der Waals surface area contributed by atoms with Gasteiger partial charge in [0.15, 0.2) is 0 Å². The Bertz CT molecular complexity index is 1590. The SMILES string of the molecule is CC.N#Cc1ccc2nccc(Nc3ccc(C(=O)Nc4ccc(Nc5ccnc(N)c5)cc4)cc3)c2c1. The van der Waals surface area contributed by atoms with E-state index in [1.807, 2.05) is 68.4 Å². The fourth-order valence-corrected chi connectivity index (χ4v) is 3.72. The summed E-state index contributed by atoms with van der Waals surface area (Å²) in [6, 6.07) is 27.5. The zero-order chi connectivity index (χ0) is 26.9. The van der Waals surface area contributed by atoms with Crippen molar-refractivity contribution >= 4 is 51.1 Å². The first kappa shape index (κ1) is 25.7. The highest BCUT2D eigenvalue weighted by molar-refractivity contribution is 6.04. The van der Waals surface area contributed by atoms with Crippen molar-refractivity contribution < 1.29 is 4.79 Å². The number of aromatic nitrogens is 2. The Kier molecular flexibility index (Phi) is 8.11. The van der Waals surface area contributed by atoms with Crippen molar-refractivity contribution in [2.24, 2.45) is 0 Å². The molecule has 0 aliphatic carbocycles. The number of nitrogens with zero attached hydrogens (tertiary/aromatic N) is 3. The van der Waals surface area contributed by atoms with E-state index in [0.717, 1.165) is 33.7 Å². The van der Waals surface area contributed by atoms with Crippen LogP contribution in [0.25, 0.3) is 10.9 Å². The molecule has 5 aromatic rings. The summed E-state index contributed by atoms with van der Waals surface area (Å²) in [5.74, 6) is 0.226. The summed E-state index contributed by atoms with van der Waals surface area (Å²) in [6.07, 6.45) is 3.35. The third-order valence-corrected chi connectivity index (χ3v) is 5.51. The average molecular weight is 502 g/mol. The van der Waals surface area contributed by atoms with Crippen molar-refractivity contribution in [3.8, 4) is 6.07 Å². The van der Waals surface area contributed by atoms with Crippen molar-refractivity contribution in [2.45, 2.75) is 13.8 Å². The predicted molar refractivity (Wildman–Crippen MR) is 154 cm³/mol. The third kappa shape index (κ3) is 6.22. The number of hydrogen-bond donors (Lipinski definition) is 4. The number of benzene rings is 3. The monoisotopic (exact) mass is 501 g/mol. The topological polar surface area (TPSA) is 129 Å². The molecule has 8 heteroatoms. The molecule has 0 aliphatic rings. The Balaban J connectivity index is 0.00000164. The Labute approximate surface area is 221 Å². The summed E-state index contributed by atoms with van der Waals surface area (Å²) in [5.41, 5.74) is 11.6. The fourth-order valence-electron chi connectivity index (χ4n) is 3.72. The van der Waals surface area contributed by atoms with Gasteiger partial charge in [0, 0.05) is 57.8 Å². The minimum absolute atomic E-state index is 0.211. The second-order valence-corrected chi connectivity index (χ2v) is 8.03. The van der Waals surface area contributed by atoms with E-state index in [1.165, 1.54) is 0 Å². The van der Waals surface area contributed by atoms with Crippen molar-refractivity contribution in [3.05, 3.63) is 108 Å². The summed E-state index contributed by atoms with van der Waals surface area (Å²) in [6.45, 7) is 4.00. The molecular weight excluding hydrogens is 474 g/mol. The number of hydrogen-bond acceptors (Lipinski definition) is 7. The van der Waals surface area contributed by atoms with E-state index in [4.69, 9.17) is 5.73 Å². The van der Waals surface area contributed by atoms with E-state index in [2.05, 4.69) is 32.0 Å². The van der Waals surface area contributed by atoms with Crippen molar-refractivity contribution in [1.29, 1.82) is 5.26 Å². The number of pyridine rings is 2. The third-order valence-electron chi connectivity index (χ3n) is 5.51. The maximum atomic E-state index is 12.7. The van der Waals surface area contributed by atoms with Crippen LogP contribution in [0.4, 0.5) is 34.3 Å². The number of nitrogens with two attached hydrogens (primary N) is 1. The minimum Gasteiger partial charge on any atom is -0.384 e. The Morgan fingerprint density at radius 1 is 0.763 bits per heavy atom. The summed E-state index contributed by atoms with van der Waals surface area (Å²) >= 11 is 0. The zero-order valence-electron chi connectivity index (χ0n) is 21.1. The van der Waals surface area contributed by atoms with Gasteiger partial charge in [0.2, 0.25) is 0 Å². The van der Waals surface area contributed by atoms with Crippen LogP contribution in [0.2, 0.25) is 0 Å². The molecular formula is C30H27N7O. The van der Waals surface area contributed by atoms with Crippen LogP contribution in [-0.4, -0.2) is 15.9 Å². The first-order valence-corrected chi connectivity index (χ1v) is 12.1. The standard InChI is InChI=1S/C28H21N7O.C2H6/c29-17-18-1-10-25-24(15-18)26(12-14-31-25)34-21-4-2-19(3-5-21)28(36)35-22-8-6-20(7-9-22)33-23-11-13-32-27(30)16-23;1-2/h1-16H,(H,31,34)(H,35,36)(H3,30,32,33);1-2H3. The second-order valence-electron chi connectivity index (χ2n) is 8.03. The molecule has 0 radical (unpaired) electrons. The molecule has 0 saturated heterocycles. The molecule has 8 nitrogen and oxygen atoms in total. The van der Waals surface area contributed by atoms with Gasteiger partial charge in [-0.1, -0.05) is 13.8 Å². The molecule has 188 valence electrons. The number of anilines is 6. The summed E-state index contributed by atoms with van der Waals surface area (Å²) in [7, 11) is 0. The Hall–Kier alpha value is -5.42. The largest absolute Gasteiger partial charge is 0.384 e. The maximum absolute atomic E-state index is 12.7. The van der Waals surface area contributed by atoms with Crippen LogP contribution in [0.3, 0.4) is 0 Å². The minimum atomic E-state index is -0.211. The molecule has 0 spiro atoms. The smallest absolute Gasteiger partial charge is 0.255 e. The number of carbonyl (C=O) groups excluding carboxylic acids is 1. The summed E-state index contributed by atoms with van der Waals surface area (Å²) in [5, 5.41) is 19.6. The fraction of sp³-hybridized carbons (Fsp3) is 0.0667. The number of nitrogen functional groups attached to an aromatic ring is 1.